The summed E-state index contributed by atoms with van der Waals surface area (Å²) in [4.78, 5) is 19.2. The van der Waals surface area contributed by atoms with Crippen molar-refractivity contribution in [3.05, 3.63) is 42.2 Å². The van der Waals surface area contributed by atoms with Crippen LogP contribution >= 0.6 is 0 Å². The van der Waals surface area contributed by atoms with Gasteiger partial charge >= 0.3 is 0 Å². The highest BCUT2D eigenvalue weighted by molar-refractivity contribution is 5.82. The summed E-state index contributed by atoms with van der Waals surface area (Å²) in [6.45, 7) is 1.81. The van der Waals surface area contributed by atoms with Crippen LogP contribution in [0.4, 0.5) is 0 Å². The van der Waals surface area contributed by atoms with Gasteiger partial charge in [0.25, 0.3) is 0 Å². The fourth-order valence-electron chi connectivity index (χ4n) is 3.43. The van der Waals surface area contributed by atoms with Crippen LogP contribution in [0.3, 0.4) is 0 Å². The number of pyridine rings is 1. The third-order valence-electron chi connectivity index (χ3n) is 4.64. The molecule has 0 aromatic carbocycles. The molecule has 1 aliphatic heterocycles. The van der Waals surface area contributed by atoms with Crippen LogP contribution in [-0.2, 0) is 11.3 Å². The average Bonchev–Trinajstić information content (AvgIpc) is 2.57. The lowest BCUT2D eigenvalue weighted by Gasteiger charge is -2.35. The van der Waals surface area contributed by atoms with Gasteiger partial charge < -0.3 is 5.32 Å². The highest BCUT2D eigenvalue weighted by Crippen LogP contribution is 2.20. The largest absolute Gasteiger partial charge is 0.352 e. The molecule has 0 bridgehead atoms. The fourth-order valence-corrected chi connectivity index (χ4v) is 3.43. The predicted octanol–water partition coefficient (Wildman–Crippen LogP) is 2.66. The molecule has 0 unspecified atom stereocenters. The van der Waals surface area contributed by atoms with Crippen LogP contribution in [0.2, 0.25) is 0 Å². The Morgan fingerprint density at radius 1 is 1.32 bits per heavy atom. The number of nitrogens with one attached hydrogen (secondary N) is 1. The lowest BCUT2D eigenvalue weighted by Crippen LogP contribution is -2.51. The van der Waals surface area contributed by atoms with E-state index in [2.05, 4.69) is 33.4 Å². The Morgan fingerprint density at radius 2 is 2.27 bits per heavy atom. The lowest BCUT2D eigenvalue weighted by atomic mass is 9.98. The number of rotatable bonds is 4. The van der Waals surface area contributed by atoms with Crippen molar-refractivity contribution < 1.29 is 4.79 Å². The Balaban J connectivity index is 1.61. The number of carbonyl (C=O) groups is 1. The molecule has 4 nitrogen and oxygen atoms in total. The van der Waals surface area contributed by atoms with E-state index in [0.29, 0.717) is 6.04 Å². The normalized spacial score (nSPS) is 25.8. The smallest absolute Gasteiger partial charge is 0.237 e. The van der Waals surface area contributed by atoms with Crippen LogP contribution in [-0.4, -0.2) is 34.4 Å². The van der Waals surface area contributed by atoms with E-state index in [1.54, 1.807) is 6.20 Å². The van der Waals surface area contributed by atoms with Crippen molar-refractivity contribution in [1.29, 1.82) is 0 Å². The number of nitrogens with zero attached hydrogens (tertiary/aromatic N) is 2. The number of amides is 1. The first-order valence-electron chi connectivity index (χ1n) is 8.41. The van der Waals surface area contributed by atoms with Crippen LogP contribution in [0.15, 0.2) is 36.7 Å². The summed E-state index contributed by atoms with van der Waals surface area (Å²) in [5.74, 6) is 0.212. The first-order chi connectivity index (χ1) is 10.8. The molecule has 2 heterocycles. The first kappa shape index (κ1) is 15.2. The molecular weight excluding hydrogens is 274 g/mol. The minimum Gasteiger partial charge on any atom is -0.352 e. The summed E-state index contributed by atoms with van der Waals surface area (Å²) in [6, 6.07) is 4.38. The molecule has 118 valence electrons. The third-order valence-corrected chi connectivity index (χ3v) is 4.64. The van der Waals surface area contributed by atoms with E-state index in [9.17, 15) is 4.79 Å². The summed E-state index contributed by atoms with van der Waals surface area (Å²) in [7, 11) is 0. The summed E-state index contributed by atoms with van der Waals surface area (Å²) in [5.41, 5.74) is 1.18. The van der Waals surface area contributed by atoms with E-state index >= 15 is 0 Å². The van der Waals surface area contributed by atoms with E-state index in [1.165, 1.54) is 12.0 Å². The minimum absolute atomic E-state index is 0.0138. The molecule has 2 atom stereocenters. The molecule has 0 saturated carbocycles. The minimum atomic E-state index is 0.0138. The Kier molecular flexibility index (Phi) is 5.22. The Morgan fingerprint density at radius 3 is 3.05 bits per heavy atom. The number of piperidine rings is 1. The fraction of sp³-hybridized carbons (Fsp3) is 0.556. The van der Waals surface area contributed by atoms with Crippen LogP contribution < -0.4 is 5.32 Å². The van der Waals surface area contributed by atoms with E-state index < -0.39 is 0 Å². The topological polar surface area (TPSA) is 45.2 Å². The number of aromatic nitrogens is 1. The maximum Gasteiger partial charge on any atom is 0.237 e. The standard InChI is InChI=1S/C18H25N3O/c22-18(20-16-8-2-1-3-9-16)17-10-4-5-12-21(17)14-15-7-6-11-19-13-15/h1-2,6-7,11,13,16-17H,3-5,8-10,12,14H2,(H,20,22)/t16-,17+/m0/s1. The Bertz CT molecular complexity index is 514. The van der Waals surface area contributed by atoms with Crippen LogP contribution in [0, 0.1) is 0 Å². The summed E-state index contributed by atoms with van der Waals surface area (Å²) >= 11 is 0. The van der Waals surface area contributed by atoms with Crippen molar-refractivity contribution in [3.63, 3.8) is 0 Å². The molecule has 1 amide bonds. The Labute approximate surface area is 132 Å². The molecule has 0 radical (unpaired) electrons. The van der Waals surface area contributed by atoms with Gasteiger partial charge in [0.2, 0.25) is 5.91 Å². The molecule has 4 heteroatoms. The van der Waals surface area contributed by atoms with E-state index in [1.807, 2.05) is 12.3 Å². The maximum atomic E-state index is 12.7. The van der Waals surface area contributed by atoms with Gasteiger partial charge in [0.05, 0.1) is 6.04 Å². The molecule has 1 N–H and O–H groups in total. The van der Waals surface area contributed by atoms with Crippen LogP contribution in [0.1, 0.15) is 44.1 Å². The molecular formula is C18H25N3O. The van der Waals surface area contributed by atoms with Gasteiger partial charge in [-0.3, -0.25) is 14.7 Å². The summed E-state index contributed by atoms with van der Waals surface area (Å²) < 4.78 is 0. The second kappa shape index (κ2) is 7.54. The van der Waals surface area contributed by atoms with E-state index in [0.717, 1.165) is 45.2 Å². The molecule has 2 aliphatic rings. The summed E-state index contributed by atoms with van der Waals surface area (Å²) in [6.07, 6.45) is 14.5. The van der Waals surface area contributed by atoms with Crippen molar-refractivity contribution in [3.8, 4) is 0 Å². The van der Waals surface area contributed by atoms with Gasteiger partial charge in [-0.2, -0.15) is 0 Å². The van der Waals surface area contributed by atoms with Crippen molar-refractivity contribution in [2.24, 2.45) is 0 Å². The third kappa shape index (κ3) is 3.95. The van der Waals surface area contributed by atoms with Crippen LogP contribution in [0.25, 0.3) is 0 Å². The molecule has 0 spiro atoms. The predicted molar refractivity (Wildman–Crippen MR) is 87.2 cm³/mol. The highest BCUT2D eigenvalue weighted by atomic mass is 16.2. The molecule has 1 aromatic heterocycles. The van der Waals surface area contributed by atoms with E-state index in [4.69, 9.17) is 0 Å². The maximum absolute atomic E-state index is 12.7. The number of allylic oxidation sites excluding steroid dienone is 1. The SMILES string of the molecule is O=C(N[C@H]1CC=CCC1)[C@H]1CCCCN1Cc1cccnc1. The van der Waals surface area contributed by atoms with Gasteiger partial charge in [-0.05, 0) is 50.3 Å². The Hall–Kier alpha value is -1.68. The van der Waals surface area contributed by atoms with Crippen molar-refractivity contribution in [2.45, 2.75) is 57.2 Å². The molecule has 1 fully saturated rings. The summed E-state index contributed by atoms with van der Waals surface area (Å²) in [5, 5.41) is 3.26. The van der Waals surface area contributed by atoms with E-state index in [-0.39, 0.29) is 11.9 Å². The molecule has 1 aromatic rings. The van der Waals surface area contributed by atoms with Gasteiger partial charge in [-0.1, -0.05) is 24.6 Å². The van der Waals surface area contributed by atoms with Crippen molar-refractivity contribution in [1.82, 2.24) is 15.2 Å². The second-order valence-electron chi connectivity index (χ2n) is 6.33. The van der Waals surface area contributed by atoms with Gasteiger partial charge in [0.1, 0.15) is 0 Å². The first-order valence-corrected chi connectivity index (χ1v) is 8.41. The highest BCUT2D eigenvalue weighted by Gasteiger charge is 2.29. The second-order valence-corrected chi connectivity index (χ2v) is 6.33. The van der Waals surface area contributed by atoms with Gasteiger partial charge in [0.15, 0.2) is 0 Å². The van der Waals surface area contributed by atoms with Crippen LogP contribution in [0.5, 0.6) is 0 Å². The zero-order valence-corrected chi connectivity index (χ0v) is 13.1. The van der Waals surface area contributed by atoms with Gasteiger partial charge in [-0.25, -0.2) is 0 Å². The molecule has 1 saturated heterocycles. The average molecular weight is 299 g/mol. The zero-order chi connectivity index (χ0) is 15.2. The van der Waals surface area contributed by atoms with Crippen molar-refractivity contribution >= 4 is 5.91 Å². The quantitative estimate of drug-likeness (QED) is 0.869. The molecule has 3 rings (SSSR count). The number of hydrogen-bond acceptors (Lipinski definition) is 3. The van der Waals surface area contributed by atoms with Gasteiger partial charge in [-0.15, -0.1) is 0 Å². The van der Waals surface area contributed by atoms with Crippen molar-refractivity contribution in [2.75, 3.05) is 6.54 Å². The molecule has 22 heavy (non-hydrogen) atoms. The lowest BCUT2D eigenvalue weighted by molar-refractivity contribution is -0.128. The number of likely N-dealkylation sites (tertiary alicyclic amines) is 1. The number of carbonyl (C=O) groups excluding carboxylic acids is 1. The zero-order valence-electron chi connectivity index (χ0n) is 13.1. The number of hydrogen-bond donors (Lipinski definition) is 1. The monoisotopic (exact) mass is 299 g/mol. The van der Waals surface area contributed by atoms with Gasteiger partial charge in [0, 0.05) is 25.0 Å². The molecule has 1 aliphatic carbocycles.